The van der Waals surface area contributed by atoms with E-state index in [2.05, 4.69) is 26.6 Å². The largest absolute Gasteiger partial charge is 0.504 e. The molecule has 0 bridgehead atoms. The van der Waals surface area contributed by atoms with Gasteiger partial charge >= 0.3 is 5.97 Å². The number of nitro benzene ring substituents is 1. The van der Waals surface area contributed by atoms with Crippen LogP contribution in [0.15, 0.2) is 97.1 Å². The highest BCUT2D eigenvalue weighted by Gasteiger charge is 2.27. The normalized spacial score (nSPS) is 11.2. The van der Waals surface area contributed by atoms with E-state index >= 15 is 0 Å². The van der Waals surface area contributed by atoms with E-state index in [9.17, 15) is 59.0 Å². The van der Waals surface area contributed by atoms with Crippen LogP contribution in [0.25, 0.3) is 0 Å². The summed E-state index contributed by atoms with van der Waals surface area (Å²) in [7, 11) is 0. The second kappa shape index (κ2) is 20.9. The van der Waals surface area contributed by atoms with Crippen molar-refractivity contribution >= 4 is 69.8 Å². The van der Waals surface area contributed by atoms with Gasteiger partial charge in [-0.1, -0.05) is 0 Å². The van der Waals surface area contributed by atoms with Gasteiger partial charge in [-0.05, 0) is 113 Å². The van der Waals surface area contributed by atoms with Gasteiger partial charge in [-0.3, -0.25) is 38.9 Å². The van der Waals surface area contributed by atoms with Gasteiger partial charge in [0, 0.05) is 40.2 Å². The highest BCUT2D eigenvalue weighted by atomic mass is 16.6. The van der Waals surface area contributed by atoms with Crippen molar-refractivity contribution in [1.82, 2.24) is 5.32 Å². The SMILES string of the molecule is CC(C)Oc1c(NC(=O)c2ccc(NC(=O)c3ccc(NC(=O)C(CC(N)=O)NC(=O)c4ccc(NC(=O)c5ccc([N+](=O)[O-])cc5)cc4)cc3)c(OC(C)C)c2O)ccc(C(=O)O)c1O. The number of amides is 6. The smallest absolute Gasteiger partial charge is 0.339 e. The van der Waals surface area contributed by atoms with Gasteiger partial charge in [0.1, 0.15) is 11.6 Å². The first kappa shape index (κ1) is 48.0. The van der Waals surface area contributed by atoms with Gasteiger partial charge in [0.25, 0.3) is 29.3 Å². The number of hydrogen-bond donors (Lipinski definition) is 9. The number of carbonyl (C=O) groups excluding carboxylic acids is 6. The fraction of sp³-hybridized carbons (Fsp3) is 0.178. The summed E-state index contributed by atoms with van der Waals surface area (Å²) in [4.78, 5) is 99.6. The summed E-state index contributed by atoms with van der Waals surface area (Å²) in [5, 5.41) is 54.9. The number of benzene rings is 5. The molecule has 0 aliphatic rings. The summed E-state index contributed by atoms with van der Waals surface area (Å²) < 4.78 is 11.4. The lowest BCUT2D eigenvalue weighted by Gasteiger charge is -2.20. The van der Waals surface area contributed by atoms with E-state index < -0.39 is 88.1 Å². The molecular weight excluding hydrogens is 863 g/mol. The van der Waals surface area contributed by atoms with E-state index in [-0.39, 0.29) is 56.5 Å². The first-order valence-corrected chi connectivity index (χ1v) is 19.8. The second-order valence-corrected chi connectivity index (χ2v) is 14.8. The van der Waals surface area contributed by atoms with Crippen LogP contribution in [0.1, 0.15) is 85.9 Å². The van der Waals surface area contributed by atoms with Crippen molar-refractivity contribution in [3.8, 4) is 23.0 Å². The lowest BCUT2D eigenvalue weighted by Crippen LogP contribution is -2.46. The second-order valence-electron chi connectivity index (χ2n) is 14.8. The van der Waals surface area contributed by atoms with Gasteiger partial charge in [-0.2, -0.15) is 0 Å². The number of aromatic carboxylic acids is 1. The van der Waals surface area contributed by atoms with E-state index in [0.717, 1.165) is 6.07 Å². The minimum Gasteiger partial charge on any atom is -0.504 e. The fourth-order valence-corrected chi connectivity index (χ4v) is 6.02. The van der Waals surface area contributed by atoms with Crippen LogP contribution in [0.4, 0.5) is 28.4 Å². The van der Waals surface area contributed by atoms with E-state index in [0.29, 0.717) is 5.69 Å². The number of nitrogens with two attached hydrogens (primary N) is 1. The first-order chi connectivity index (χ1) is 31.2. The third-order valence-corrected chi connectivity index (χ3v) is 9.13. The number of primary amides is 1. The van der Waals surface area contributed by atoms with Gasteiger partial charge in [0.05, 0.1) is 40.5 Å². The predicted octanol–water partition coefficient (Wildman–Crippen LogP) is 5.65. The highest BCUT2D eigenvalue weighted by Crippen LogP contribution is 2.41. The van der Waals surface area contributed by atoms with Crippen LogP contribution < -0.4 is 41.8 Å². The Morgan fingerprint density at radius 3 is 1.48 bits per heavy atom. The zero-order chi connectivity index (χ0) is 48.4. The van der Waals surface area contributed by atoms with Crippen molar-refractivity contribution in [2.24, 2.45) is 5.73 Å². The van der Waals surface area contributed by atoms with Crippen molar-refractivity contribution in [2.75, 3.05) is 21.3 Å². The van der Waals surface area contributed by atoms with Crippen LogP contribution in [0.5, 0.6) is 23.0 Å². The molecule has 0 radical (unpaired) electrons. The van der Waals surface area contributed by atoms with Gasteiger partial charge in [-0.15, -0.1) is 0 Å². The third kappa shape index (κ3) is 12.1. The van der Waals surface area contributed by atoms with Crippen molar-refractivity contribution in [3.63, 3.8) is 0 Å². The zero-order valence-corrected chi connectivity index (χ0v) is 35.5. The number of rotatable bonds is 18. The summed E-state index contributed by atoms with van der Waals surface area (Å²) in [6.45, 7) is 6.53. The summed E-state index contributed by atoms with van der Waals surface area (Å²) >= 11 is 0. The van der Waals surface area contributed by atoms with E-state index in [1.807, 2.05) is 0 Å². The molecule has 0 aliphatic carbocycles. The quantitative estimate of drug-likeness (QED) is 0.0379. The number of phenols is 2. The van der Waals surface area contributed by atoms with E-state index in [1.165, 1.54) is 91.0 Å². The molecule has 1 atom stereocenters. The number of hydrogen-bond acceptors (Lipinski definition) is 13. The average Bonchev–Trinajstić information content (AvgIpc) is 3.25. The first-order valence-electron chi connectivity index (χ1n) is 19.8. The fourth-order valence-electron chi connectivity index (χ4n) is 6.02. The zero-order valence-electron chi connectivity index (χ0n) is 35.5. The molecule has 1 unspecified atom stereocenters. The van der Waals surface area contributed by atoms with Crippen LogP contribution >= 0.6 is 0 Å². The summed E-state index contributed by atoms with van der Waals surface area (Å²) in [5.41, 5.74) is 5.03. The van der Waals surface area contributed by atoms with Crippen molar-refractivity contribution < 1.29 is 63.3 Å². The maximum absolute atomic E-state index is 13.4. The topological polar surface area (TPSA) is 328 Å². The van der Waals surface area contributed by atoms with Crippen molar-refractivity contribution in [1.29, 1.82) is 0 Å². The molecule has 0 fully saturated rings. The number of nitrogens with zero attached hydrogens (tertiary/aromatic N) is 1. The molecule has 0 heterocycles. The molecule has 0 saturated heterocycles. The Morgan fingerprint density at radius 1 is 0.591 bits per heavy atom. The van der Waals surface area contributed by atoms with Gasteiger partial charge in [0.2, 0.25) is 11.8 Å². The van der Waals surface area contributed by atoms with Crippen molar-refractivity contribution in [2.45, 2.75) is 52.4 Å². The molecule has 5 aromatic carbocycles. The number of carboxylic acid groups (broad SMARTS) is 1. The highest BCUT2D eigenvalue weighted by molar-refractivity contribution is 6.11. The standard InChI is InChI=1S/C45H43N7O14/c1-22(2)65-38-32(19-17-30(36(38)54)43(59)50-33-20-18-31(45(61)62)37(55)39(33)66-23(3)4)49-41(57)24-7-13-28(14-8-24)48-44(60)34(21-35(46)53)51-42(58)25-5-11-27(12-6-25)47-40(56)26-9-15-29(16-10-26)52(63)64/h5-20,22-23,34,54-55H,21H2,1-4H3,(H2,46,53)(H,47,56)(H,48,60)(H,49,57)(H,50,59)(H,51,58)(H,61,62). The van der Waals surface area contributed by atoms with Crippen LogP contribution in [0.2, 0.25) is 0 Å². The molecule has 0 aromatic heterocycles. The Labute approximate surface area is 375 Å². The molecule has 5 aromatic rings. The number of nitro groups is 1. The minimum absolute atomic E-state index is 0.0286. The summed E-state index contributed by atoms with van der Waals surface area (Å²) in [6.07, 6.45) is -1.66. The minimum atomic E-state index is -1.43. The Hall–Kier alpha value is -9.01. The number of carbonyl (C=O) groups is 7. The predicted molar refractivity (Wildman–Crippen MR) is 238 cm³/mol. The molecular formula is C45H43N7O14. The van der Waals surface area contributed by atoms with E-state index in [4.69, 9.17) is 15.2 Å². The van der Waals surface area contributed by atoms with Crippen LogP contribution in [-0.2, 0) is 9.59 Å². The van der Waals surface area contributed by atoms with Crippen molar-refractivity contribution in [3.05, 3.63) is 135 Å². The molecule has 0 spiro atoms. The van der Waals surface area contributed by atoms with Gasteiger partial charge < -0.3 is 57.1 Å². The Morgan fingerprint density at radius 2 is 1.02 bits per heavy atom. The lowest BCUT2D eigenvalue weighted by molar-refractivity contribution is -0.384. The Bertz CT molecular complexity index is 2700. The Balaban J connectivity index is 1.24. The number of phenolic OH excluding ortho intramolecular Hbond substituents is 1. The molecule has 6 amide bonds. The molecule has 21 heteroatoms. The van der Waals surface area contributed by atoms with Crippen LogP contribution in [0, 0.1) is 10.1 Å². The average molecular weight is 906 g/mol. The maximum Gasteiger partial charge on any atom is 0.339 e. The monoisotopic (exact) mass is 905 g/mol. The Kier molecular flexibility index (Phi) is 15.2. The molecule has 10 N–H and O–H groups in total. The number of carboxylic acids is 1. The third-order valence-electron chi connectivity index (χ3n) is 9.13. The van der Waals surface area contributed by atoms with Crippen LogP contribution in [-0.4, -0.2) is 79.9 Å². The maximum atomic E-state index is 13.4. The van der Waals surface area contributed by atoms with Gasteiger partial charge in [-0.25, -0.2) is 4.79 Å². The van der Waals surface area contributed by atoms with E-state index in [1.54, 1.807) is 27.7 Å². The molecule has 5 rings (SSSR count). The van der Waals surface area contributed by atoms with Crippen LogP contribution in [0.3, 0.4) is 0 Å². The van der Waals surface area contributed by atoms with Gasteiger partial charge in [0.15, 0.2) is 23.0 Å². The molecule has 0 saturated carbocycles. The molecule has 66 heavy (non-hydrogen) atoms. The number of anilines is 4. The number of ether oxygens (including phenoxy) is 2. The number of non-ortho nitro benzene ring substituents is 1. The molecule has 21 nitrogen and oxygen atoms in total. The molecule has 0 aliphatic heterocycles. The number of aromatic hydroxyl groups is 2. The summed E-state index contributed by atoms with van der Waals surface area (Å²) in [6, 6.07) is 19.3. The molecule has 342 valence electrons. The number of nitrogens with one attached hydrogen (secondary N) is 5. The summed E-state index contributed by atoms with van der Waals surface area (Å²) in [5.74, 6) is -8.00. The lowest BCUT2D eigenvalue weighted by atomic mass is 10.1.